The van der Waals surface area contributed by atoms with Crippen LogP contribution >= 0.6 is 11.3 Å². The molecule has 0 radical (unpaired) electrons. The lowest BCUT2D eigenvalue weighted by Crippen LogP contribution is -2.14. The summed E-state index contributed by atoms with van der Waals surface area (Å²) in [5.41, 5.74) is 4.44. The van der Waals surface area contributed by atoms with Crippen LogP contribution in [0.3, 0.4) is 0 Å². The minimum Gasteiger partial charge on any atom is -0.481 e. The molecule has 1 atom stereocenters. The largest absolute Gasteiger partial charge is 0.481 e. The number of anilines is 1. The first-order valence-electron chi connectivity index (χ1n) is 12.0. The van der Waals surface area contributed by atoms with Crippen LogP contribution in [0.4, 0.5) is 5.82 Å². The van der Waals surface area contributed by atoms with Crippen LogP contribution in [0.5, 0.6) is 5.88 Å². The van der Waals surface area contributed by atoms with E-state index in [2.05, 4.69) is 27.8 Å². The van der Waals surface area contributed by atoms with Crippen molar-refractivity contribution in [2.24, 2.45) is 0 Å². The Kier molecular flexibility index (Phi) is 8.46. The van der Waals surface area contributed by atoms with Gasteiger partial charge in [-0.25, -0.2) is 15.0 Å². The van der Waals surface area contributed by atoms with Crippen molar-refractivity contribution >= 4 is 23.1 Å². The number of methoxy groups -OCH3 is 1. The molecule has 0 aromatic carbocycles. The summed E-state index contributed by atoms with van der Waals surface area (Å²) < 4.78 is 10.4. The number of carbonyl (C=O) groups is 1. The van der Waals surface area contributed by atoms with Crippen LogP contribution in [0.25, 0.3) is 0 Å². The Morgan fingerprint density at radius 1 is 1.18 bits per heavy atom. The van der Waals surface area contributed by atoms with Crippen molar-refractivity contribution < 1.29 is 14.3 Å². The van der Waals surface area contributed by atoms with Gasteiger partial charge in [-0.1, -0.05) is 12.1 Å². The molecule has 0 unspecified atom stereocenters. The van der Waals surface area contributed by atoms with E-state index in [4.69, 9.17) is 19.4 Å². The average molecular weight is 481 g/mol. The maximum absolute atomic E-state index is 12.2. The van der Waals surface area contributed by atoms with Crippen molar-refractivity contribution in [3.05, 3.63) is 63.4 Å². The number of aromatic nitrogens is 3. The Morgan fingerprint density at radius 2 is 2.09 bits per heavy atom. The van der Waals surface area contributed by atoms with E-state index in [0.29, 0.717) is 25.3 Å². The monoisotopic (exact) mass is 480 g/mol. The SMILES string of the molecule is CCOC(=O)C[C@H](Cc1csc(CCCc2ccc3c(n2)NCCC3)n1)c1ccc(OC)nc1. The Balaban J connectivity index is 1.35. The van der Waals surface area contributed by atoms with Crippen LogP contribution in [-0.2, 0) is 35.2 Å². The van der Waals surface area contributed by atoms with E-state index in [1.54, 1.807) is 24.6 Å². The molecule has 34 heavy (non-hydrogen) atoms. The van der Waals surface area contributed by atoms with Crippen LogP contribution in [-0.4, -0.2) is 41.2 Å². The van der Waals surface area contributed by atoms with Crippen molar-refractivity contribution in [1.29, 1.82) is 0 Å². The van der Waals surface area contributed by atoms with Crippen molar-refractivity contribution in [2.75, 3.05) is 25.6 Å². The van der Waals surface area contributed by atoms with E-state index >= 15 is 0 Å². The van der Waals surface area contributed by atoms with Crippen molar-refractivity contribution in [3.8, 4) is 5.88 Å². The first kappa shape index (κ1) is 24.1. The molecular weight excluding hydrogens is 448 g/mol. The van der Waals surface area contributed by atoms with E-state index < -0.39 is 0 Å². The van der Waals surface area contributed by atoms with Gasteiger partial charge in [0.1, 0.15) is 5.82 Å². The molecule has 0 saturated heterocycles. The number of fused-ring (bicyclic) bond motifs is 1. The van der Waals surface area contributed by atoms with Crippen LogP contribution in [0.2, 0.25) is 0 Å². The third kappa shape index (κ3) is 6.53. The van der Waals surface area contributed by atoms with Gasteiger partial charge in [-0.3, -0.25) is 4.79 Å². The Bertz CT molecular complexity index is 1080. The predicted molar refractivity (Wildman–Crippen MR) is 134 cm³/mol. The number of rotatable bonds is 11. The zero-order valence-electron chi connectivity index (χ0n) is 19.9. The van der Waals surface area contributed by atoms with E-state index in [1.807, 2.05) is 19.1 Å². The third-order valence-electron chi connectivity index (χ3n) is 5.99. The molecule has 8 heteroatoms. The Hall–Kier alpha value is -3.00. The number of aryl methyl sites for hydroxylation is 3. The zero-order chi connectivity index (χ0) is 23.8. The zero-order valence-corrected chi connectivity index (χ0v) is 20.7. The van der Waals surface area contributed by atoms with E-state index in [-0.39, 0.29) is 11.9 Å². The van der Waals surface area contributed by atoms with Gasteiger partial charge < -0.3 is 14.8 Å². The van der Waals surface area contributed by atoms with Gasteiger partial charge in [-0.15, -0.1) is 11.3 Å². The first-order chi connectivity index (χ1) is 16.6. The van der Waals surface area contributed by atoms with Crippen LogP contribution in [0.15, 0.2) is 35.8 Å². The highest BCUT2D eigenvalue weighted by Crippen LogP contribution is 2.27. The number of nitrogens with one attached hydrogen (secondary N) is 1. The van der Waals surface area contributed by atoms with Gasteiger partial charge in [-0.2, -0.15) is 0 Å². The molecule has 0 fully saturated rings. The lowest BCUT2D eigenvalue weighted by atomic mass is 9.92. The normalized spacial score (nSPS) is 13.6. The summed E-state index contributed by atoms with van der Waals surface area (Å²) in [7, 11) is 1.59. The summed E-state index contributed by atoms with van der Waals surface area (Å²) in [6.45, 7) is 3.21. The number of hydrogen-bond acceptors (Lipinski definition) is 8. The number of carbonyl (C=O) groups excluding carboxylic acids is 1. The molecular formula is C26H32N4O3S. The molecule has 180 valence electrons. The molecule has 4 rings (SSSR count). The molecule has 1 N–H and O–H groups in total. The van der Waals surface area contributed by atoms with Crippen LogP contribution < -0.4 is 10.1 Å². The van der Waals surface area contributed by atoms with E-state index in [0.717, 1.165) is 60.0 Å². The van der Waals surface area contributed by atoms with Gasteiger partial charge in [0.2, 0.25) is 5.88 Å². The van der Waals surface area contributed by atoms with Gasteiger partial charge in [0, 0.05) is 35.8 Å². The van der Waals surface area contributed by atoms with Crippen molar-refractivity contribution in [2.45, 2.75) is 57.8 Å². The second-order valence-electron chi connectivity index (χ2n) is 8.47. The fourth-order valence-corrected chi connectivity index (χ4v) is 5.07. The summed E-state index contributed by atoms with van der Waals surface area (Å²) in [5.74, 6) is 1.37. The minimum atomic E-state index is -0.203. The third-order valence-corrected chi connectivity index (χ3v) is 6.95. The summed E-state index contributed by atoms with van der Waals surface area (Å²) in [6, 6.07) is 8.15. The molecule has 0 spiro atoms. The number of hydrogen-bond donors (Lipinski definition) is 1. The highest BCUT2D eigenvalue weighted by molar-refractivity contribution is 7.09. The molecule has 7 nitrogen and oxygen atoms in total. The fraction of sp³-hybridized carbons (Fsp3) is 0.462. The van der Waals surface area contributed by atoms with Crippen LogP contribution in [0.1, 0.15) is 59.6 Å². The molecule has 0 amide bonds. The first-order valence-corrected chi connectivity index (χ1v) is 12.8. The highest BCUT2D eigenvalue weighted by Gasteiger charge is 2.20. The maximum atomic E-state index is 12.2. The molecule has 3 aromatic heterocycles. The quantitative estimate of drug-likeness (QED) is 0.396. The standard InChI is InChI=1S/C26H32N4O3S/c1-3-33-25(31)15-20(19-10-12-23(32-2)28-16-19)14-22-17-34-24(29-22)8-4-7-21-11-9-18-6-5-13-27-26(18)30-21/h9-12,16-17,20H,3-8,13-15H2,1-2H3,(H,27,30)/t20-/m0/s1. The number of thiazole rings is 1. The smallest absolute Gasteiger partial charge is 0.306 e. The summed E-state index contributed by atoms with van der Waals surface area (Å²) in [6.07, 6.45) is 7.89. The predicted octanol–water partition coefficient (Wildman–Crippen LogP) is 4.75. The molecule has 1 aliphatic rings. The molecule has 0 saturated carbocycles. The topological polar surface area (TPSA) is 86.2 Å². The van der Waals surface area contributed by atoms with Crippen LogP contribution in [0, 0.1) is 0 Å². The lowest BCUT2D eigenvalue weighted by Gasteiger charge is -2.17. The molecule has 0 aliphatic carbocycles. The summed E-state index contributed by atoms with van der Waals surface area (Å²) in [4.78, 5) is 26.2. The van der Waals surface area contributed by atoms with E-state index in [9.17, 15) is 4.79 Å². The lowest BCUT2D eigenvalue weighted by molar-refractivity contribution is -0.143. The number of pyridine rings is 2. The Labute approximate surface area is 205 Å². The minimum absolute atomic E-state index is 0.0420. The summed E-state index contributed by atoms with van der Waals surface area (Å²) >= 11 is 1.68. The molecule has 1 aliphatic heterocycles. The van der Waals surface area contributed by atoms with Gasteiger partial charge in [0.25, 0.3) is 0 Å². The van der Waals surface area contributed by atoms with Gasteiger partial charge in [-0.05, 0) is 62.6 Å². The van der Waals surface area contributed by atoms with Crippen molar-refractivity contribution in [3.63, 3.8) is 0 Å². The number of ether oxygens (including phenoxy) is 2. The second kappa shape index (κ2) is 11.9. The molecule has 0 bridgehead atoms. The second-order valence-corrected chi connectivity index (χ2v) is 9.41. The van der Waals surface area contributed by atoms with Crippen molar-refractivity contribution in [1.82, 2.24) is 15.0 Å². The van der Waals surface area contributed by atoms with E-state index in [1.165, 1.54) is 12.0 Å². The van der Waals surface area contributed by atoms with Gasteiger partial charge >= 0.3 is 5.97 Å². The van der Waals surface area contributed by atoms with Gasteiger partial charge in [0.05, 0.1) is 30.8 Å². The highest BCUT2D eigenvalue weighted by atomic mass is 32.1. The number of nitrogens with zero attached hydrogens (tertiary/aromatic N) is 3. The fourth-order valence-electron chi connectivity index (χ4n) is 4.22. The summed E-state index contributed by atoms with van der Waals surface area (Å²) in [5, 5.41) is 6.63. The average Bonchev–Trinajstić information content (AvgIpc) is 3.31. The van der Waals surface area contributed by atoms with Gasteiger partial charge in [0.15, 0.2) is 0 Å². The molecule has 4 heterocycles. The number of esters is 1. The Morgan fingerprint density at radius 3 is 2.88 bits per heavy atom. The maximum Gasteiger partial charge on any atom is 0.306 e. The molecule has 3 aromatic rings.